The van der Waals surface area contributed by atoms with E-state index in [1.807, 2.05) is 24.3 Å². The lowest BCUT2D eigenvalue weighted by Crippen LogP contribution is -2.24. The first-order chi connectivity index (χ1) is 9.88. The van der Waals surface area contributed by atoms with E-state index in [2.05, 4.69) is 4.98 Å². The molecule has 0 fully saturated rings. The number of hydrogen-bond donors (Lipinski definition) is 1. The molecule has 1 heterocycles. The summed E-state index contributed by atoms with van der Waals surface area (Å²) in [5.41, 5.74) is 1.31. The van der Waals surface area contributed by atoms with Gasteiger partial charge in [0.1, 0.15) is 10.8 Å². The van der Waals surface area contributed by atoms with Crippen molar-refractivity contribution >= 4 is 11.6 Å². The fourth-order valence-corrected chi connectivity index (χ4v) is 2.89. The molecule has 0 bridgehead atoms. The highest BCUT2D eigenvalue weighted by atomic mass is 35.5. The highest BCUT2D eigenvalue weighted by molar-refractivity contribution is 6.30. The van der Waals surface area contributed by atoms with E-state index in [0.717, 1.165) is 17.2 Å². The Labute approximate surface area is 124 Å². The molecule has 1 N–H and O–H groups in total. The largest absolute Gasteiger partial charge is 0.433 e. The van der Waals surface area contributed by atoms with Crippen molar-refractivity contribution < 1.29 is 18.3 Å². The van der Waals surface area contributed by atoms with Crippen molar-refractivity contribution in [3.8, 4) is 0 Å². The van der Waals surface area contributed by atoms with E-state index in [1.54, 1.807) is 0 Å². The molecule has 2 nitrogen and oxygen atoms in total. The molecule has 1 aromatic carbocycles. The number of alkyl halides is 3. The molecule has 2 atom stereocenters. The van der Waals surface area contributed by atoms with Gasteiger partial charge in [-0.05, 0) is 23.6 Å². The van der Waals surface area contributed by atoms with E-state index in [0.29, 0.717) is 6.42 Å². The lowest BCUT2D eigenvalue weighted by Gasteiger charge is -2.34. The van der Waals surface area contributed by atoms with Gasteiger partial charge in [-0.3, -0.25) is 0 Å². The standard InChI is InChI=1S/C15H11ClF3NO/c16-14-10(5-6-12(20-14)15(17,18)19)13(21)11-7-8-3-1-2-4-9(8)11/h1-6,11,13,21H,7H2. The van der Waals surface area contributed by atoms with Crippen molar-refractivity contribution in [1.82, 2.24) is 4.98 Å². The summed E-state index contributed by atoms with van der Waals surface area (Å²) >= 11 is 5.81. The molecule has 6 heteroatoms. The van der Waals surface area contributed by atoms with Crippen LogP contribution in [0.2, 0.25) is 5.15 Å². The van der Waals surface area contributed by atoms with Gasteiger partial charge in [0.2, 0.25) is 0 Å². The Balaban J connectivity index is 1.88. The Morgan fingerprint density at radius 1 is 1.19 bits per heavy atom. The van der Waals surface area contributed by atoms with Gasteiger partial charge in [0.25, 0.3) is 0 Å². The molecule has 0 spiro atoms. The van der Waals surface area contributed by atoms with Crippen molar-refractivity contribution in [2.45, 2.75) is 24.6 Å². The second-order valence-corrected chi connectivity index (χ2v) is 5.39. The molecule has 1 aliphatic rings. The van der Waals surface area contributed by atoms with Gasteiger partial charge in [-0.25, -0.2) is 4.98 Å². The minimum absolute atomic E-state index is 0.155. The summed E-state index contributed by atoms with van der Waals surface area (Å²) < 4.78 is 37.7. The van der Waals surface area contributed by atoms with Gasteiger partial charge in [0.05, 0.1) is 6.10 Å². The Kier molecular flexibility index (Phi) is 3.42. The van der Waals surface area contributed by atoms with Crippen LogP contribution in [0.5, 0.6) is 0 Å². The summed E-state index contributed by atoms with van der Waals surface area (Å²) in [6.45, 7) is 0. The number of nitrogens with zero attached hydrogens (tertiary/aromatic N) is 1. The quantitative estimate of drug-likeness (QED) is 0.846. The van der Waals surface area contributed by atoms with E-state index in [9.17, 15) is 18.3 Å². The van der Waals surface area contributed by atoms with Crippen molar-refractivity contribution in [2.75, 3.05) is 0 Å². The number of fused-ring (bicyclic) bond motifs is 1. The van der Waals surface area contributed by atoms with Crippen molar-refractivity contribution in [3.05, 3.63) is 63.9 Å². The second-order valence-electron chi connectivity index (χ2n) is 5.03. The zero-order valence-electron chi connectivity index (χ0n) is 10.7. The molecule has 0 radical (unpaired) electrons. The Morgan fingerprint density at radius 2 is 1.90 bits per heavy atom. The Hall–Kier alpha value is -1.59. The van der Waals surface area contributed by atoms with Gasteiger partial charge in [-0.15, -0.1) is 0 Å². The first-order valence-electron chi connectivity index (χ1n) is 6.37. The molecule has 0 saturated carbocycles. The molecule has 0 amide bonds. The number of pyridine rings is 1. The molecular formula is C15H11ClF3NO. The van der Waals surface area contributed by atoms with Crippen LogP contribution in [0.15, 0.2) is 36.4 Å². The number of benzene rings is 1. The van der Waals surface area contributed by atoms with Crippen molar-refractivity contribution in [3.63, 3.8) is 0 Å². The average Bonchev–Trinajstić information content (AvgIpc) is 2.38. The monoisotopic (exact) mass is 313 g/mol. The summed E-state index contributed by atoms with van der Waals surface area (Å²) in [6, 6.07) is 9.68. The smallest absolute Gasteiger partial charge is 0.388 e. The van der Waals surface area contributed by atoms with Gasteiger partial charge in [-0.1, -0.05) is 41.9 Å². The average molecular weight is 314 g/mol. The third-order valence-electron chi connectivity index (χ3n) is 3.76. The fourth-order valence-electron chi connectivity index (χ4n) is 2.62. The van der Waals surface area contributed by atoms with Gasteiger partial charge < -0.3 is 5.11 Å². The topological polar surface area (TPSA) is 33.1 Å². The predicted molar refractivity (Wildman–Crippen MR) is 72.1 cm³/mol. The van der Waals surface area contributed by atoms with Crippen LogP contribution in [0.4, 0.5) is 13.2 Å². The highest BCUT2D eigenvalue weighted by Crippen LogP contribution is 2.44. The van der Waals surface area contributed by atoms with Gasteiger partial charge in [0, 0.05) is 11.5 Å². The summed E-state index contributed by atoms with van der Waals surface area (Å²) in [6.07, 6.45) is -4.83. The van der Waals surface area contributed by atoms with E-state index in [4.69, 9.17) is 11.6 Å². The van der Waals surface area contributed by atoms with Gasteiger partial charge in [-0.2, -0.15) is 13.2 Å². The molecule has 3 rings (SSSR count). The Morgan fingerprint density at radius 3 is 2.52 bits per heavy atom. The SMILES string of the molecule is OC(c1ccc(C(F)(F)F)nc1Cl)C1Cc2ccccc21. The van der Waals surface area contributed by atoms with Crippen LogP contribution in [-0.2, 0) is 12.6 Å². The molecule has 0 saturated heterocycles. The van der Waals surface area contributed by atoms with Crippen LogP contribution in [0, 0.1) is 0 Å². The fraction of sp³-hybridized carbons (Fsp3) is 0.267. The van der Waals surface area contributed by atoms with E-state index < -0.39 is 18.0 Å². The van der Waals surface area contributed by atoms with Crippen LogP contribution in [0.1, 0.15) is 34.4 Å². The highest BCUT2D eigenvalue weighted by Gasteiger charge is 2.36. The lowest BCUT2D eigenvalue weighted by molar-refractivity contribution is -0.141. The molecular weight excluding hydrogens is 303 g/mol. The predicted octanol–water partition coefficient (Wildman–Crippen LogP) is 4.13. The minimum atomic E-state index is -4.55. The lowest BCUT2D eigenvalue weighted by atomic mass is 9.73. The van der Waals surface area contributed by atoms with Crippen LogP contribution >= 0.6 is 11.6 Å². The first-order valence-corrected chi connectivity index (χ1v) is 6.75. The zero-order valence-corrected chi connectivity index (χ0v) is 11.5. The third kappa shape index (κ3) is 2.51. The van der Waals surface area contributed by atoms with Crippen LogP contribution < -0.4 is 0 Å². The van der Waals surface area contributed by atoms with Crippen molar-refractivity contribution in [1.29, 1.82) is 0 Å². The maximum Gasteiger partial charge on any atom is 0.433 e. The second kappa shape index (κ2) is 5.00. The number of aliphatic hydroxyl groups is 1. The minimum Gasteiger partial charge on any atom is -0.388 e. The van der Waals surface area contributed by atoms with Crippen LogP contribution in [0.3, 0.4) is 0 Å². The summed E-state index contributed by atoms with van der Waals surface area (Å²) in [5, 5.41) is 10.1. The maximum absolute atomic E-state index is 12.6. The van der Waals surface area contributed by atoms with Gasteiger partial charge in [0.15, 0.2) is 0 Å². The van der Waals surface area contributed by atoms with E-state index in [1.165, 1.54) is 6.07 Å². The summed E-state index contributed by atoms with van der Waals surface area (Å²) in [4.78, 5) is 3.34. The normalized spacial score (nSPS) is 18.8. The van der Waals surface area contributed by atoms with E-state index in [-0.39, 0.29) is 16.6 Å². The summed E-state index contributed by atoms with van der Waals surface area (Å²) in [7, 11) is 0. The van der Waals surface area contributed by atoms with Crippen LogP contribution in [0.25, 0.3) is 0 Å². The number of rotatable bonds is 2. The molecule has 1 aromatic heterocycles. The number of aliphatic hydroxyl groups excluding tert-OH is 1. The third-order valence-corrected chi connectivity index (χ3v) is 4.06. The number of hydrogen-bond acceptors (Lipinski definition) is 2. The van der Waals surface area contributed by atoms with Crippen LogP contribution in [-0.4, -0.2) is 10.1 Å². The Bertz CT molecular complexity index is 687. The van der Waals surface area contributed by atoms with E-state index >= 15 is 0 Å². The summed E-state index contributed by atoms with van der Waals surface area (Å²) in [5.74, 6) is -0.155. The molecule has 2 unspecified atom stereocenters. The maximum atomic E-state index is 12.6. The number of halogens is 4. The molecule has 0 aliphatic heterocycles. The van der Waals surface area contributed by atoms with Gasteiger partial charge >= 0.3 is 6.18 Å². The van der Waals surface area contributed by atoms with Crippen molar-refractivity contribution in [2.24, 2.45) is 0 Å². The molecule has 2 aromatic rings. The molecule has 110 valence electrons. The molecule has 21 heavy (non-hydrogen) atoms. The molecule has 1 aliphatic carbocycles. The zero-order chi connectivity index (χ0) is 15.2. The number of aromatic nitrogens is 1. The first kappa shape index (κ1) is 14.4.